The van der Waals surface area contributed by atoms with Crippen LogP contribution in [0.3, 0.4) is 0 Å². The van der Waals surface area contributed by atoms with E-state index >= 15 is 0 Å². The average molecular weight is 211 g/mol. The van der Waals surface area contributed by atoms with Crippen LogP contribution in [0.2, 0.25) is 0 Å². The van der Waals surface area contributed by atoms with E-state index in [4.69, 9.17) is 5.73 Å². The molecule has 2 rings (SSSR count). The Bertz CT molecular complexity index is 260. The van der Waals surface area contributed by atoms with Crippen LogP contribution in [0.5, 0.6) is 0 Å². The van der Waals surface area contributed by atoms with Crippen LogP contribution in [0.15, 0.2) is 17.6 Å². The van der Waals surface area contributed by atoms with Gasteiger partial charge in [-0.3, -0.25) is 0 Å². The molecule has 0 amide bonds. The summed E-state index contributed by atoms with van der Waals surface area (Å²) >= 11 is 1.86. The molecule has 2 atom stereocenters. The van der Waals surface area contributed by atoms with E-state index < -0.39 is 0 Å². The summed E-state index contributed by atoms with van der Waals surface area (Å²) in [7, 11) is 0. The van der Waals surface area contributed by atoms with Gasteiger partial charge in [0, 0.05) is 17.6 Å². The summed E-state index contributed by atoms with van der Waals surface area (Å²) in [6, 6.07) is 0. The maximum absolute atomic E-state index is 5.78. The highest BCUT2D eigenvalue weighted by molar-refractivity contribution is 7.99. The number of hydrogen-bond acceptors (Lipinski definition) is 3. The van der Waals surface area contributed by atoms with Gasteiger partial charge in [0.2, 0.25) is 0 Å². The second-order valence-corrected chi connectivity index (χ2v) is 5.06. The highest BCUT2D eigenvalue weighted by Crippen LogP contribution is 2.35. The number of aromatic amines is 1. The van der Waals surface area contributed by atoms with Gasteiger partial charge in [-0.25, -0.2) is 4.98 Å². The minimum absolute atomic E-state index is 0.667. The Labute approximate surface area is 88.9 Å². The molecule has 0 aromatic carbocycles. The smallest absolute Gasteiger partial charge is 0.165 e. The van der Waals surface area contributed by atoms with Crippen LogP contribution >= 0.6 is 11.8 Å². The second kappa shape index (κ2) is 4.84. The van der Waals surface area contributed by atoms with Gasteiger partial charge in [0.1, 0.15) is 0 Å². The Kier molecular flexibility index (Phi) is 3.48. The number of H-pyrrole nitrogens is 1. The number of imidazole rings is 1. The van der Waals surface area contributed by atoms with E-state index in [1.807, 2.05) is 24.2 Å². The zero-order valence-electron chi connectivity index (χ0n) is 8.28. The molecule has 1 aromatic rings. The summed E-state index contributed by atoms with van der Waals surface area (Å²) in [5.41, 5.74) is 5.78. The largest absolute Gasteiger partial charge is 0.340 e. The van der Waals surface area contributed by atoms with Crippen LogP contribution < -0.4 is 5.73 Å². The fourth-order valence-corrected chi connectivity index (χ4v) is 3.33. The molecule has 1 fully saturated rings. The second-order valence-electron chi connectivity index (χ2n) is 3.83. The van der Waals surface area contributed by atoms with Crippen LogP contribution in [0.1, 0.15) is 25.7 Å². The third kappa shape index (κ3) is 2.30. The standard InChI is InChI=1S/C10H17N3S/c11-7-8-3-1-2-4-9(8)14-10-12-5-6-13-10/h5-6,8-9H,1-4,7,11H2,(H,12,13). The third-order valence-corrected chi connectivity index (χ3v) is 4.25. The Hall–Kier alpha value is -0.480. The van der Waals surface area contributed by atoms with E-state index in [9.17, 15) is 0 Å². The van der Waals surface area contributed by atoms with Gasteiger partial charge in [-0.1, -0.05) is 24.6 Å². The van der Waals surface area contributed by atoms with Crippen LogP contribution in [-0.2, 0) is 0 Å². The Morgan fingerprint density at radius 2 is 2.36 bits per heavy atom. The SMILES string of the molecule is NCC1CCCCC1Sc1ncc[nH]1. The number of thioether (sulfide) groups is 1. The summed E-state index contributed by atoms with van der Waals surface area (Å²) in [5.74, 6) is 0.679. The maximum atomic E-state index is 5.78. The van der Waals surface area contributed by atoms with Crippen molar-refractivity contribution in [1.29, 1.82) is 0 Å². The predicted molar refractivity (Wildman–Crippen MR) is 59.2 cm³/mol. The zero-order valence-corrected chi connectivity index (χ0v) is 9.09. The first kappa shape index (κ1) is 10.1. The van der Waals surface area contributed by atoms with E-state index in [-0.39, 0.29) is 0 Å². The summed E-state index contributed by atoms with van der Waals surface area (Å²) in [6.45, 7) is 0.818. The van der Waals surface area contributed by atoms with Gasteiger partial charge >= 0.3 is 0 Å². The molecule has 0 saturated heterocycles. The van der Waals surface area contributed by atoms with Crippen molar-refractivity contribution in [1.82, 2.24) is 9.97 Å². The minimum atomic E-state index is 0.667. The number of nitrogens with one attached hydrogen (secondary N) is 1. The van der Waals surface area contributed by atoms with Crippen LogP contribution in [0.4, 0.5) is 0 Å². The third-order valence-electron chi connectivity index (χ3n) is 2.88. The first-order valence-electron chi connectivity index (χ1n) is 5.26. The maximum Gasteiger partial charge on any atom is 0.165 e. The number of aromatic nitrogens is 2. The van der Waals surface area contributed by atoms with Gasteiger partial charge < -0.3 is 10.7 Å². The molecule has 14 heavy (non-hydrogen) atoms. The molecule has 0 aliphatic heterocycles. The fourth-order valence-electron chi connectivity index (χ4n) is 2.06. The lowest BCUT2D eigenvalue weighted by Gasteiger charge is -2.29. The van der Waals surface area contributed by atoms with Crippen LogP contribution in [-0.4, -0.2) is 21.8 Å². The molecule has 1 aromatic heterocycles. The molecule has 1 aliphatic carbocycles. The molecule has 2 unspecified atom stereocenters. The van der Waals surface area contributed by atoms with Gasteiger partial charge in [0.15, 0.2) is 5.16 Å². The van der Waals surface area contributed by atoms with E-state index in [1.165, 1.54) is 25.7 Å². The Morgan fingerprint density at radius 3 is 3.07 bits per heavy atom. The van der Waals surface area contributed by atoms with Gasteiger partial charge in [0.25, 0.3) is 0 Å². The topological polar surface area (TPSA) is 54.7 Å². The molecule has 0 bridgehead atoms. The highest BCUT2D eigenvalue weighted by atomic mass is 32.2. The molecule has 1 aliphatic rings. The number of nitrogens with zero attached hydrogens (tertiary/aromatic N) is 1. The van der Waals surface area contributed by atoms with Crippen molar-refractivity contribution in [3.05, 3.63) is 12.4 Å². The Morgan fingerprint density at radius 1 is 1.50 bits per heavy atom. The molecular formula is C10H17N3S. The van der Waals surface area contributed by atoms with Gasteiger partial charge in [0.05, 0.1) is 0 Å². The van der Waals surface area contributed by atoms with E-state index in [0.29, 0.717) is 11.2 Å². The van der Waals surface area contributed by atoms with Crippen molar-refractivity contribution < 1.29 is 0 Å². The molecule has 4 heteroatoms. The molecule has 1 heterocycles. The van der Waals surface area contributed by atoms with Crippen LogP contribution in [0.25, 0.3) is 0 Å². The number of nitrogens with two attached hydrogens (primary N) is 1. The van der Waals surface area contributed by atoms with Gasteiger partial charge in [-0.05, 0) is 25.3 Å². The van der Waals surface area contributed by atoms with E-state index in [2.05, 4.69) is 9.97 Å². The molecule has 78 valence electrons. The molecule has 0 spiro atoms. The van der Waals surface area contributed by atoms with Crippen molar-refractivity contribution in [3.63, 3.8) is 0 Å². The predicted octanol–water partition coefficient (Wildman–Crippen LogP) is 2.02. The lowest BCUT2D eigenvalue weighted by molar-refractivity contribution is 0.378. The fraction of sp³-hybridized carbons (Fsp3) is 0.700. The summed E-state index contributed by atoms with van der Waals surface area (Å²) in [5, 5.41) is 1.70. The van der Waals surface area contributed by atoms with Crippen LogP contribution in [0, 0.1) is 5.92 Å². The zero-order chi connectivity index (χ0) is 9.80. The minimum Gasteiger partial charge on any atom is -0.340 e. The van der Waals surface area contributed by atoms with Crippen molar-refractivity contribution in [2.45, 2.75) is 36.1 Å². The van der Waals surface area contributed by atoms with Gasteiger partial charge in [-0.15, -0.1) is 0 Å². The van der Waals surface area contributed by atoms with E-state index in [1.54, 1.807) is 0 Å². The highest BCUT2D eigenvalue weighted by Gasteiger charge is 2.25. The van der Waals surface area contributed by atoms with Crippen molar-refractivity contribution in [2.24, 2.45) is 11.7 Å². The lowest BCUT2D eigenvalue weighted by Crippen LogP contribution is -2.28. The van der Waals surface area contributed by atoms with Gasteiger partial charge in [-0.2, -0.15) is 0 Å². The molecular weight excluding hydrogens is 194 g/mol. The average Bonchev–Trinajstić information content (AvgIpc) is 2.71. The summed E-state index contributed by atoms with van der Waals surface area (Å²) in [4.78, 5) is 7.39. The quantitative estimate of drug-likeness (QED) is 0.804. The lowest BCUT2D eigenvalue weighted by atomic mass is 9.89. The first-order chi connectivity index (χ1) is 6.90. The summed E-state index contributed by atoms with van der Waals surface area (Å²) in [6.07, 6.45) is 8.94. The first-order valence-corrected chi connectivity index (χ1v) is 6.14. The molecule has 1 saturated carbocycles. The molecule has 0 radical (unpaired) electrons. The van der Waals surface area contributed by atoms with Crippen molar-refractivity contribution in [3.8, 4) is 0 Å². The normalized spacial score (nSPS) is 27.8. The van der Waals surface area contributed by atoms with Crippen molar-refractivity contribution in [2.75, 3.05) is 6.54 Å². The summed E-state index contributed by atoms with van der Waals surface area (Å²) < 4.78 is 0. The monoisotopic (exact) mass is 211 g/mol. The molecule has 3 nitrogen and oxygen atoms in total. The number of rotatable bonds is 3. The van der Waals surface area contributed by atoms with E-state index in [0.717, 1.165) is 11.7 Å². The molecule has 3 N–H and O–H groups in total. The number of hydrogen-bond donors (Lipinski definition) is 2. The Balaban J connectivity index is 1.94. The van der Waals surface area contributed by atoms with Crippen molar-refractivity contribution >= 4 is 11.8 Å².